The number of hydrogen-bond donors (Lipinski definition) is 2. The van der Waals surface area contributed by atoms with E-state index in [2.05, 4.69) is 5.32 Å². The molecular formula is C12H15FIN3O. The van der Waals surface area contributed by atoms with Crippen LogP contribution >= 0.6 is 22.6 Å². The minimum atomic E-state index is -0.332. The van der Waals surface area contributed by atoms with Crippen LogP contribution in [0.4, 0.5) is 15.8 Å². The van der Waals surface area contributed by atoms with Gasteiger partial charge in [0.15, 0.2) is 0 Å². The Hall–Kier alpha value is -1.05. The largest absolute Gasteiger partial charge is 0.397 e. The Morgan fingerprint density at radius 2 is 2.11 bits per heavy atom. The molecule has 0 aromatic heterocycles. The maximum Gasteiger partial charge on any atom is 0.241 e. The highest BCUT2D eigenvalue weighted by Gasteiger charge is 2.17. The molecule has 1 heterocycles. The summed E-state index contributed by atoms with van der Waals surface area (Å²) in [6, 6.07) is 2.88. The number of nitrogens with two attached hydrogens (primary N) is 1. The van der Waals surface area contributed by atoms with Crippen LogP contribution < -0.4 is 11.1 Å². The summed E-state index contributed by atoms with van der Waals surface area (Å²) in [6.07, 6.45) is 2.12. The highest BCUT2D eigenvalue weighted by molar-refractivity contribution is 14.1. The van der Waals surface area contributed by atoms with Gasteiger partial charge in [0, 0.05) is 19.2 Å². The number of rotatable bonds is 3. The summed E-state index contributed by atoms with van der Waals surface area (Å²) in [5, 5.41) is 2.90. The van der Waals surface area contributed by atoms with E-state index < -0.39 is 0 Å². The van der Waals surface area contributed by atoms with Crippen LogP contribution in [-0.4, -0.2) is 30.4 Å². The molecule has 1 aliphatic heterocycles. The van der Waals surface area contributed by atoms with Crippen LogP contribution in [0.15, 0.2) is 12.1 Å². The molecule has 3 N–H and O–H groups in total. The lowest BCUT2D eigenvalue weighted by Gasteiger charge is -2.16. The molecule has 2 rings (SSSR count). The Balaban J connectivity index is 1.97. The van der Waals surface area contributed by atoms with Crippen molar-refractivity contribution in [2.75, 3.05) is 30.7 Å². The summed E-state index contributed by atoms with van der Waals surface area (Å²) in [6.45, 7) is 1.79. The van der Waals surface area contributed by atoms with Gasteiger partial charge in [-0.1, -0.05) is 0 Å². The van der Waals surface area contributed by atoms with E-state index in [0.717, 1.165) is 25.9 Å². The van der Waals surface area contributed by atoms with Crippen molar-refractivity contribution in [3.8, 4) is 0 Å². The van der Waals surface area contributed by atoms with Crippen molar-refractivity contribution >= 4 is 39.9 Å². The lowest BCUT2D eigenvalue weighted by molar-refractivity contribution is -0.128. The summed E-state index contributed by atoms with van der Waals surface area (Å²) >= 11 is 1.88. The molecule has 1 fully saturated rings. The van der Waals surface area contributed by atoms with Crippen LogP contribution in [0.1, 0.15) is 12.8 Å². The van der Waals surface area contributed by atoms with E-state index in [9.17, 15) is 9.18 Å². The zero-order chi connectivity index (χ0) is 13.1. The van der Waals surface area contributed by atoms with Gasteiger partial charge in [-0.3, -0.25) is 4.79 Å². The van der Waals surface area contributed by atoms with E-state index in [1.165, 1.54) is 6.07 Å². The molecule has 0 radical (unpaired) electrons. The molecule has 1 saturated heterocycles. The molecule has 1 amide bonds. The highest BCUT2D eigenvalue weighted by Crippen LogP contribution is 2.24. The van der Waals surface area contributed by atoms with Gasteiger partial charge < -0.3 is 16.0 Å². The molecule has 0 spiro atoms. The van der Waals surface area contributed by atoms with Gasteiger partial charge in [0.2, 0.25) is 5.91 Å². The zero-order valence-corrected chi connectivity index (χ0v) is 12.0. The number of halogens is 2. The monoisotopic (exact) mass is 363 g/mol. The third kappa shape index (κ3) is 3.04. The molecule has 1 aromatic carbocycles. The maximum atomic E-state index is 13.4. The molecule has 0 saturated carbocycles. The first-order valence-electron chi connectivity index (χ1n) is 5.84. The molecule has 98 valence electrons. The van der Waals surface area contributed by atoms with Gasteiger partial charge in [0.25, 0.3) is 0 Å². The average molecular weight is 363 g/mol. The summed E-state index contributed by atoms with van der Waals surface area (Å²) in [5.41, 5.74) is 6.70. The van der Waals surface area contributed by atoms with E-state index >= 15 is 0 Å². The normalized spacial score (nSPS) is 14.9. The van der Waals surface area contributed by atoms with Crippen molar-refractivity contribution in [2.24, 2.45) is 0 Å². The van der Waals surface area contributed by atoms with Crippen molar-refractivity contribution in [3.63, 3.8) is 0 Å². The Kier molecular flexibility index (Phi) is 4.26. The van der Waals surface area contributed by atoms with Crippen LogP contribution in [-0.2, 0) is 4.79 Å². The topological polar surface area (TPSA) is 58.4 Å². The van der Waals surface area contributed by atoms with Gasteiger partial charge in [0.1, 0.15) is 5.82 Å². The number of benzene rings is 1. The smallest absolute Gasteiger partial charge is 0.241 e. The van der Waals surface area contributed by atoms with Gasteiger partial charge in [-0.15, -0.1) is 0 Å². The number of anilines is 2. The highest BCUT2D eigenvalue weighted by atomic mass is 127. The molecular weight excluding hydrogens is 348 g/mol. The summed E-state index contributed by atoms with van der Waals surface area (Å²) in [7, 11) is 0. The fraction of sp³-hybridized carbons (Fsp3) is 0.417. The molecule has 0 bridgehead atoms. The van der Waals surface area contributed by atoms with Gasteiger partial charge >= 0.3 is 0 Å². The first-order chi connectivity index (χ1) is 8.58. The average Bonchev–Trinajstić information content (AvgIpc) is 2.85. The van der Waals surface area contributed by atoms with Crippen LogP contribution in [0.5, 0.6) is 0 Å². The van der Waals surface area contributed by atoms with Crippen LogP contribution in [0.2, 0.25) is 0 Å². The quantitative estimate of drug-likeness (QED) is 0.639. The molecule has 0 atom stereocenters. The van der Waals surface area contributed by atoms with Crippen molar-refractivity contribution in [1.82, 2.24) is 4.90 Å². The molecule has 1 aromatic rings. The summed E-state index contributed by atoms with van der Waals surface area (Å²) < 4.78 is 13.9. The van der Waals surface area contributed by atoms with Crippen LogP contribution in [0.25, 0.3) is 0 Å². The van der Waals surface area contributed by atoms with E-state index in [1.807, 2.05) is 27.5 Å². The van der Waals surface area contributed by atoms with Gasteiger partial charge in [-0.25, -0.2) is 4.39 Å². The minimum absolute atomic E-state index is 0.0332. The number of nitrogens with one attached hydrogen (secondary N) is 1. The Labute approximate surface area is 119 Å². The van der Waals surface area contributed by atoms with E-state index in [4.69, 9.17) is 5.73 Å². The molecule has 1 aliphatic rings. The first kappa shape index (κ1) is 13.4. The molecule has 4 nitrogen and oxygen atoms in total. The zero-order valence-electron chi connectivity index (χ0n) is 9.88. The fourth-order valence-corrected chi connectivity index (χ4v) is 2.46. The van der Waals surface area contributed by atoms with E-state index in [0.29, 0.717) is 14.9 Å². The summed E-state index contributed by atoms with van der Waals surface area (Å²) in [5.74, 6) is -0.299. The standard InChI is InChI=1S/C12H15FIN3O/c13-8-5-11(10(15)6-9(8)14)16-7-12(18)17-3-1-2-4-17/h5-6,16H,1-4,7,15H2. The number of likely N-dealkylation sites (tertiary alicyclic amines) is 1. The second-order valence-corrected chi connectivity index (χ2v) is 5.46. The maximum absolute atomic E-state index is 13.4. The molecule has 0 aliphatic carbocycles. The number of carbonyl (C=O) groups is 1. The van der Waals surface area contributed by atoms with Crippen molar-refractivity contribution in [2.45, 2.75) is 12.8 Å². The Bertz CT molecular complexity index is 461. The van der Waals surface area contributed by atoms with E-state index in [-0.39, 0.29) is 18.3 Å². The molecule has 0 unspecified atom stereocenters. The number of amides is 1. The SMILES string of the molecule is Nc1cc(I)c(F)cc1NCC(=O)N1CCCC1. The lowest BCUT2D eigenvalue weighted by atomic mass is 10.2. The Morgan fingerprint density at radius 1 is 1.44 bits per heavy atom. The minimum Gasteiger partial charge on any atom is -0.397 e. The summed E-state index contributed by atoms with van der Waals surface area (Å²) in [4.78, 5) is 13.6. The number of carbonyl (C=O) groups excluding carboxylic acids is 1. The third-order valence-corrected chi connectivity index (χ3v) is 3.81. The predicted octanol–water partition coefficient (Wildman–Crippen LogP) is 2.05. The van der Waals surface area contributed by atoms with Gasteiger partial charge in [-0.05, 0) is 41.5 Å². The second kappa shape index (κ2) is 5.73. The Morgan fingerprint density at radius 3 is 2.78 bits per heavy atom. The first-order valence-corrected chi connectivity index (χ1v) is 6.92. The molecule has 18 heavy (non-hydrogen) atoms. The van der Waals surface area contributed by atoms with Crippen molar-refractivity contribution in [3.05, 3.63) is 21.5 Å². The van der Waals surface area contributed by atoms with Crippen LogP contribution in [0.3, 0.4) is 0 Å². The lowest BCUT2D eigenvalue weighted by Crippen LogP contribution is -2.33. The second-order valence-electron chi connectivity index (χ2n) is 4.30. The number of hydrogen-bond acceptors (Lipinski definition) is 3. The fourth-order valence-electron chi connectivity index (χ4n) is 1.96. The van der Waals surface area contributed by atoms with Gasteiger partial charge in [-0.2, -0.15) is 0 Å². The van der Waals surface area contributed by atoms with Gasteiger partial charge in [0.05, 0.1) is 21.5 Å². The van der Waals surface area contributed by atoms with Crippen molar-refractivity contribution < 1.29 is 9.18 Å². The predicted molar refractivity (Wildman–Crippen MR) is 77.8 cm³/mol. The van der Waals surface area contributed by atoms with E-state index in [1.54, 1.807) is 6.07 Å². The van der Waals surface area contributed by atoms with Crippen LogP contribution in [0, 0.1) is 9.39 Å². The number of nitrogen functional groups attached to an aromatic ring is 1. The third-order valence-electron chi connectivity index (χ3n) is 2.98. The molecule has 6 heteroatoms. The number of nitrogens with zero attached hydrogens (tertiary/aromatic N) is 1. The van der Waals surface area contributed by atoms with Crippen molar-refractivity contribution in [1.29, 1.82) is 0 Å².